The summed E-state index contributed by atoms with van der Waals surface area (Å²) in [7, 11) is -4.58. The van der Waals surface area contributed by atoms with Crippen molar-refractivity contribution in [3.63, 3.8) is 0 Å². The number of nitrogens with zero attached hydrogens (tertiary/aromatic N) is 3. The van der Waals surface area contributed by atoms with Crippen LogP contribution in [0, 0.1) is 0 Å². The third-order valence-electron chi connectivity index (χ3n) is 7.61. The summed E-state index contributed by atoms with van der Waals surface area (Å²) in [5.74, 6) is -1.51. The van der Waals surface area contributed by atoms with E-state index in [4.69, 9.17) is 26.8 Å². The van der Waals surface area contributed by atoms with Crippen molar-refractivity contribution in [3.05, 3.63) is 119 Å². The van der Waals surface area contributed by atoms with Crippen molar-refractivity contribution in [2.45, 2.75) is 57.4 Å². The van der Waals surface area contributed by atoms with E-state index in [1.165, 1.54) is 25.2 Å². The number of rotatable bonds is 12. The fourth-order valence-corrected chi connectivity index (χ4v) is 7.05. The Morgan fingerprint density at radius 3 is 1.86 bits per heavy atom. The smallest absolute Gasteiger partial charge is 0.360 e. The third-order valence-corrected chi connectivity index (χ3v) is 9.89. The maximum absolute atomic E-state index is 13.7. The van der Waals surface area contributed by atoms with Crippen molar-refractivity contribution in [1.82, 2.24) is 14.6 Å². The van der Waals surface area contributed by atoms with Gasteiger partial charge in [-0.2, -0.15) is 8.42 Å². The number of thiazole rings is 1. The number of hydrogen-bond acceptors (Lipinski definition) is 11. The van der Waals surface area contributed by atoms with Crippen molar-refractivity contribution in [3.8, 4) is 0 Å². The van der Waals surface area contributed by atoms with Crippen LogP contribution < -0.4 is 10.6 Å². The van der Waals surface area contributed by atoms with Gasteiger partial charge < -0.3 is 20.2 Å². The number of benzene rings is 3. The van der Waals surface area contributed by atoms with Crippen LogP contribution in [0.3, 0.4) is 0 Å². The summed E-state index contributed by atoms with van der Waals surface area (Å²) in [6.45, 7) is 7.76. The van der Waals surface area contributed by atoms with Crippen LogP contribution in [-0.4, -0.2) is 68.6 Å². The lowest BCUT2D eigenvalue weighted by molar-refractivity contribution is -0.179. The van der Waals surface area contributed by atoms with Gasteiger partial charge in [0.15, 0.2) is 10.8 Å². The quantitative estimate of drug-likeness (QED) is 0.0434. The molecule has 1 amide bonds. The van der Waals surface area contributed by atoms with Gasteiger partial charge in [-0.1, -0.05) is 108 Å². The second-order valence-corrected chi connectivity index (χ2v) is 15.5. The van der Waals surface area contributed by atoms with Gasteiger partial charge in [-0.3, -0.25) is 9.35 Å². The van der Waals surface area contributed by atoms with E-state index in [9.17, 15) is 22.6 Å². The molecule has 0 spiro atoms. The van der Waals surface area contributed by atoms with E-state index in [2.05, 4.69) is 15.8 Å². The number of thiocarbonyl (C=S) groups is 1. The average molecular weight is 736 g/mol. The molecule has 0 aliphatic carbocycles. The van der Waals surface area contributed by atoms with Gasteiger partial charge in [0.2, 0.25) is 5.60 Å². The van der Waals surface area contributed by atoms with Crippen LogP contribution in [0.5, 0.6) is 0 Å². The van der Waals surface area contributed by atoms with Gasteiger partial charge in [-0.05, 0) is 51.3 Å². The van der Waals surface area contributed by atoms with Gasteiger partial charge in [0.05, 0.1) is 12.6 Å². The summed E-state index contributed by atoms with van der Waals surface area (Å²) < 4.78 is 38.6. The number of carbonyl (C=O) groups excluding carboxylic acids is 2. The first-order valence-corrected chi connectivity index (χ1v) is 18.2. The second-order valence-electron chi connectivity index (χ2n) is 12.9. The molecule has 15 heteroatoms. The van der Waals surface area contributed by atoms with Gasteiger partial charge in [0.25, 0.3) is 5.91 Å². The highest BCUT2D eigenvalue weighted by Gasteiger charge is 2.42. The number of hydrogen-bond donors (Lipinski definition) is 3. The Morgan fingerprint density at radius 1 is 0.920 bits per heavy atom. The minimum atomic E-state index is -4.58. The second kappa shape index (κ2) is 14.3. The van der Waals surface area contributed by atoms with Crippen molar-refractivity contribution in [2.75, 3.05) is 11.9 Å². The van der Waals surface area contributed by atoms with Crippen LogP contribution >= 0.6 is 23.6 Å². The van der Waals surface area contributed by atoms with E-state index in [0.717, 1.165) is 16.7 Å². The highest BCUT2D eigenvalue weighted by Crippen LogP contribution is 2.40. The van der Waals surface area contributed by atoms with E-state index in [0.29, 0.717) is 9.44 Å². The number of oxime groups is 1. The molecule has 0 bridgehead atoms. The molecule has 3 N–H and O–H groups in total. The first-order valence-electron chi connectivity index (χ1n) is 15.5. The Balaban J connectivity index is 1.54. The summed E-state index contributed by atoms with van der Waals surface area (Å²) in [6, 6.07) is 28.8. The third kappa shape index (κ3) is 8.02. The molecule has 3 aromatic carbocycles. The van der Waals surface area contributed by atoms with E-state index >= 15 is 0 Å². The van der Waals surface area contributed by atoms with Gasteiger partial charge in [0.1, 0.15) is 21.8 Å². The molecule has 1 fully saturated rings. The minimum Gasteiger partial charge on any atom is -0.457 e. The van der Waals surface area contributed by atoms with Gasteiger partial charge in [-0.15, -0.1) is 11.3 Å². The Kier molecular flexibility index (Phi) is 10.4. The van der Waals surface area contributed by atoms with Crippen molar-refractivity contribution >= 4 is 61.6 Å². The van der Waals surface area contributed by atoms with Crippen LogP contribution in [0.25, 0.3) is 0 Å². The highest BCUT2D eigenvalue weighted by atomic mass is 32.2. The first kappa shape index (κ1) is 36.6. The molecular formula is C35H37N5O7S3. The van der Waals surface area contributed by atoms with Crippen LogP contribution in [0.2, 0.25) is 0 Å². The molecule has 0 unspecified atom stereocenters. The van der Waals surface area contributed by atoms with E-state index in [1.54, 1.807) is 26.2 Å². The predicted molar refractivity (Wildman–Crippen MR) is 195 cm³/mol. The topological polar surface area (TPSA) is 160 Å². The average Bonchev–Trinajstić information content (AvgIpc) is 3.53. The van der Waals surface area contributed by atoms with E-state index < -0.39 is 45.0 Å². The zero-order valence-corrected chi connectivity index (χ0v) is 30.4. The number of amides is 1. The molecule has 50 heavy (non-hydrogen) atoms. The molecule has 4 aromatic rings. The van der Waals surface area contributed by atoms with E-state index in [-0.39, 0.29) is 22.9 Å². The van der Waals surface area contributed by atoms with Gasteiger partial charge in [-0.25, -0.2) is 14.1 Å². The Labute approximate surface area is 300 Å². The molecule has 1 aliphatic rings. The molecule has 1 aliphatic heterocycles. The summed E-state index contributed by atoms with van der Waals surface area (Å²) in [6.07, 6.45) is 0. The molecule has 2 heterocycles. The Morgan fingerprint density at radius 2 is 1.42 bits per heavy atom. The molecule has 12 nitrogen and oxygen atoms in total. The fourth-order valence-electron chi connectivity index (χ4n) is 5.12. The lowest BCUT2D eigenvalue weighted by atomic mass is 9.77. The molecule has 0 saturated carbocycles. The largest absolute Gasteiger partial charge is 0.457 e. The number of ether oxygens (including phenoxy) is 1. The van der Waals surface area contributed by atoms with E-state index in [1.807, 2.05) is 91.0 Å². The Hall–Kier alpha value is -4.70. The van der Waals surface area contributed by atoms with Crippen LogP contribution in [0.15, 0.2) is 102 Å². The zero-order valence-electron chi connectivity index (χ0n) is 28.0. The van der Waals surface area contributed by atoms with Crippen LogP contribution in [0.1, 0.15) is 57.0 Å². The number of nitrogens with one attached hydrogen (secondary N) is 2. The van der Waals surface area contributed by atoms with Crippen molar-refractivity contribution in [2.24, 2.45) is 5.16 Å². The maximum Gasteiger partial charge on any atom is 0.360 e. The summed E-state index contributed by atoms with van der Waals surface area (Å²) >= 11 is 6.34. The monoisotopic (exact) mass is 735 g/mol. The van der Waals surface area contributed by atoms with Crippen molar-refractivity contribution in [1.29, 1.82) is 0 Å². The van der Waals surface area contributed by atoms with Crippen LogP contribution in [-0.2, 0) is 35.0 Å². The summed E-state index contributed by atoms with van der Waals surface area (Å²) in [4.78, 5) is 36.9. The number of esters is 1. The zero-order chi connectivity index (χ0) is 36.3. The van der Waals surface area contributed by atoms with Gasteiger partial charge in [0, 0.05) is 5.38 Å². The number of carbonyl (C=O) groups is 2. The molecule has 1 aromatic heterocycles. The van der Waals surface area contributed by atoms with Crippen molar-refractivity contribution < 1.29 is 32.1 Å². The molecule has 1 saturated heterocycles. The summed E-state index contributed by atoms with van der Waals surface area (Å²) in [5.41, 5.74) is -0.713. The molecular weight excluding hydrogens is 699 g/mol. The summed E-state index contributed by atoms with van der Waals surface area (Å²) in [5, 5.41) is 12.4. The number of aromatic nitrogens is 1. The lowest BCUT2D eigenvalue weighted by Gasteiger charge is -2.38. The first-order chi connectivity index (χ1) is 23.5. The molecule has 262 valence electrons. The van der Waals surface area contributed by atoms with Crippen LogP contribution in [0.4, 0.5) is 5.13 Å². The predicted octanol–water partition coefficient (Wildman–Crippen LogP) is 5.32. The Bertz CT molecular complexity index is 1900. The lowest BCUT2D eigenvalue weighted by Crippen LogP contribution is -2.65. The highest BCUT2D eigenvalue weighted by molar-refractivity contribution is 7.87. The fraction of sp³-hybridized carbons (Fsp3) is 0.286. The normalized spacial score (nSPS) is 15.6. The molecule has 1 atom stereocenters. The SMILES string of the molecule is CC(C)(C)OC(=O)C(C)(C)O/N=C(\C(=O)N[C@H]1CN(S(=O)(=O)O)C1=S)c1csc(NC(c2ccccc2)(c2ccccc2)c2ccccc2)n1. The molecule has 0 radical (unpaired) electrons. The standard InChI is InChI=1S/C35H37N5O7S3/c1-33(2,3)46-31(42)34(4,5)47-39-28(29(41)36-26-21-40(30(26)48)50(43,44)45)27-22-49-32(37-27)38-35(23-15-9-6-10-16-23,24-17-11-7-12-18-24)25-19-13-8-14-20-25/h6-20,22,26H,21H2,1-5H3,(H,36,41)(H,37,38)(H,43,44,45)/b39-28-/t26-/m0/s1. The minimum absolute atomic E-state index is 0.106. The number of anilines is 1. The maximum atomic E-state index is 13.7. The van der Waals surface area contributed by atoms with Gasteiger partial charge >= 0.3 is 16.3 Å². The molecule has 5 rings (SSSR count).